The fourth-order valence-corrected chi connectivity index (χ4v) is 3.08. The van der Waals surface area contributed by atoms with Crippen LogP contribution >= 0.6 is 0 Å². The first-order valence-corrected chi connectivity index (χ1v) is 6.59. The van der Waals surface area contributed by atoms with Crippen LogP contribution in [-0.2, 0) is 0 Å². The summed E-state index contributed by atoms with van der Waals surface area (Å²) in [6.07, 6.45) is 9.93. The van der Waals surface area contributed by atoms with Crippen LogP contribution in [0.4, 0.5) is 0 Å². The van der Waals surface area contributed by atoms with Gasteiger partial charge in [0.2, 0.25) is 0 Å². The Morgan fingerprint density at radius 2 is 1.73 bits per heavy atom. The van der Waals surface area contributed by atoms with E-state index in [2.05, 4.69) is 12.2 Å². The lowest BCUT2D eigenvalue weighted by Gasteiger charge is -2.31. The summed E-state index contributed by atoms with van der Waals surface area (Å²) in [5, 5.41) is 13.1. The molecule has 2 nitrogen and oxygen atoms in total. The van der Waals surface area contributed by atoms with Crippen molar-refractivity contribution in [2.24, 2.45) is 5.41 Å². The van der Waals surface area contributed by atoms with E-state index in [0.29, 0.717) is 11.5 Å². The number of aliphatic hydroxyl groups excluding tert-OH is 1. The van der Waals surface area contributed by atoms with Crippen molar-refractivity contribution in [1.82, 2.24) is 5.32 Å². The van der Waals surface area contributed by atoms with Crippen LogP contribution in [0.15, 0.2) is 0 Å². The predicted molar refractivity (Wildman–Crippen MR) is 62.8 cm³/mol. The van der Waals surface area contributed by atoms with Crippen molar-refractivity contribution >= 4 is 0 Å². The first-order chi connectivity index (χ1) is 7.18. The molecule has 88 valence electrons. The quantitative estimate of drug-likeness (QED) is 0.751. The van der Waals surface area contributed by atoms with Crippen LogP contribution in [0.5, 0.6) is 0 Å². The zero-order chi connectivity index (χ0) is 10.7. The van der Waals surface area contributed by atoms with Crippen molar-refractivity contribution < 1.29 is 5.11 Å². The lowest BCUT2D eigenvalue weighted by Crippen LogP contribution is -2.40. The summed E-state index contributed by atoms with van der Waals surface area (Å²) in [4.78, 5) is 0. The van der Waals surface area contributed by atoms with Crippen LogP contribution in [0.2, 0.25) is 0 Å². The molecule has 2 heteroatoms. The van der Waals surface area contributed by atoms with Gasteiger partial charge in [0.25, 0.3) is 0 Å². The largest absolute Gasteiger partial charge is 0.393 e. The Morgan fingerprint density at radius 3 is 2.33 bits per heavy atom. The van der Waals surface area contributed by atoms with Crippen molar-refractivity contribution in [2.75, 3.05) is 6.54 Å². The van der Waals surface area contributed by atoms with Gasteiger partial charge in [-0.2, -0.15) is 0 Å². The lowest BCUT2D eigenvalue weighted by molar-refractivity contribution is 0.113. The zero-order valence-corrected chi connectivity index (χ0v) is 9.97. The Labute approximate surface area is 93.5 Å². The highest BCUT2D eigenvalue weighted by Gasteiger charge is 2.29. The molecule has 2 aliphatic rings. The molecule has 0 aromatic rings. The van der Waals surface area contributed by atoms with E-state index in [1.54, 1.807) is 0 Å². The van der Waals surface area contributed by atoms with E-state index < -0.39 is 0 Å². The summed E-state index contributed by atoms with van der Waals surface area (Å²) in [5.41, 5.74) is 0.566. The minimum Gasteiger partial charge on any atom is -0.393 e. The van der Waals surface area contributed by atoms with Gasteiger partial charge in [0.15, 0.2) is 0 Å². The van der Waals surface area contributed by atoms with Crippen molar-refractivity contribution in [2.45, 2.75) is 70.4 Å². The summed E-state index contributed by atoms with van der Waals surface area (Å²) in [6, 6.07) is 0.672. The van der Waals surface area contributed by atoms with Gasteiger partial charge in [0.1, 0.15) is 0 Å². The first-order valence-electron chi connectivity index (χ1n) is 6.59. The molecule has 2 saturated carbocycles. The average Bonchev–Trinajstić information content (AvgIpc) is 2.65. The fraction of sp³-hybridized carbons (Fsp3) is 1.00. The zero-order valence-electron chi connectivity index (χ0n) is 9.97. The molecule has 2 N–H and O–H groups in total. The SMILES string of the molecule is CC1(CNC2CCC(O)CC2)CCCC1. The minimum absolute atomic E-state index is 0.0230. The maximum Gasteiger partial charge on any atom is 0.0541 e. The topological polar surface area (TPSA) is 32.3 Å². The van der Waals surface area contributed by atoms with E-state index in [9.17, 15) is 5.11 Å². The van der Waals surface area contributed by atoms with Gasteiger partial charge in [-0.15, -0.1) is 0 Å². The molecule has 0 saturated heterocycles. The molecule has 0 bridgehead atoms. The van der Waals surface area contributed by atoms with E-state index in [1.807, 2.05) is 0 Å². The molecule has 0 amide bonds. The smallest absolute Gasteiger partial charge is 0.0541 e. The van der Waals surface area contributed by atoms with E-state index >= 15 is 0 Å². The molecule has 0 aromatic heterocycles. The Hall–Kier alpha value is -0.0800. The molecular formula is C13H25NO. The monoisotopic (exact) mass is 211 g/mol. The molecule has 0 aliphatic heterocycles. The Balaban J connectivity index is 1.69. The number of nitrogens with one attached hydrogen (secondary N) is 1. The summed E-state index contributed by atoms with van der Waals surface area (Å²) in [6.45, 7) is 3.61. The summed E-state index contributed by atoms with van der Waals surface area (Å²) in [5.74, 6) is 0. The van der Waals surface area contributed by atoms with E-state index in [1.165, 1.54) is 32.2 Å². The summed E-state index contributed by atoms with van der Waals surface area (Å²) < 4.78 is 0. The lowest BCUT2D eigenvalue weighted by atomic mass is 9.87. The third kappa shape index (κ3) is 3.18. The van der Waals surface area contributed by atoms with Crippen molar-refractivity contribution in [1.29, 1.82) is 0 Å². The maximum absolute atomic E-state index is 9.43. The third-order valence-electron chi connectivity index (χ3n) is 4.32. The highest BCUT2D eigenvalue weighted by Crippen LogP contribution is 2.37. The predicted octanol–water partition coefficient (Wildman–Crippen LogP) is 2.46. The summed E-state index contributed by atoms with van der Waals surface area (Å²) in [7, 11) is 0. The second kappa shape index (κ2) is 4.84. The van der Waals surface area contributed by atoms with Crippen molar-refractivity contribution in [3.8, 4) is 0 Å². The molecule has 0 spiro atoms. The van der Waals surface area contributed by atoms with Crippen LogP contribution in [0.25, 0.3) is 0 Å². The number of hydrogen-bond acceptors (Lipinski definition) is 2. The number of aliphatic hydroxyl groups is 1. The van der Waals surface area contributed by atoms with Crippen molar-refractivity contribution in [3.63, 3.8) is 0 Å². The highest BCUT2D eigenvalue weighted by atomic mass is 16.3. The van der Waals surface area contributed by atoms with Gasteiger partial charge in [-0.1, -0.05) is 19.8 Å². The van der Waals surface area contributed by atoms with Gasteiger partial charge in [-0.3, -0.25) is 0 Å². The molecule has 0 unspecified atom stereocenters. The highest BCUT2D eigenvalue weighted by molar-refractivity contribution is 4.85. The van der Waals surface area contributed by atoms with Crippen molar-refractivity contribution in [3.05, 3.63) is 0 Å². The fourth-order valence-electron chi connectivity index (χ4n) is 3.08. The standard InChI is InChI=1S/C13H25NO/c1-13(8-2-3-9-13)10-14-11-4-6-12(15)7-5-11/h11-12,14-15H,2-10H2,1H3. The van der Waals surface area contributed by atoms with E-state index in [-0.39, 0.29) is 6.10 Å². The van der Waals surface area contributed by atoms with Crippen LogP contribution in [0.3, 0.4) is 0 Å². The van der Waals surface area contributed by atoms with E-state index in [0.717, 1.165) is 25.7 Å². The van der Waals surface area contributed by atoms with Gasteiger partial charge in [-0.05, 0) is 43.9 Å². The number of rotatable bonds is 3. The summed E-state index contributed by atoms with van der Waals surface area (Å²) >= 11 is 0. The van der Waals surface area contributed by atoms with Crippen LogP contribution in [0.1, 0.15) is 58.3 Å². The Kier molecular flexibility index (Phi) is 3.68. The molecule has 0 aromatic carbocycles. The Morgan fingerprint density at radius 1 is 1.13 bits per heavy atom. The van der Waals surface area contributed by atoms with Crippen LogP contribution in [0, 0.1) is 5.41 Å². The third-order valence-corrected chi connectivity index (χ3v) is 4.32. The number of hydrogen-bond donors (Lipinski definition) is 2. The molecule has 0 radical (unpaired) electrons. The molecule has 2 aliphatic carbocycles. The van der Waals surface area contributed by atoms with Gasteiger partial charge in [0, 0.05) is 12.6 Å². The molecule has 0 heterocycles. The molecule has 15 heavy (non-hydrogen) atoms. The van der Waals surface area contributed by atoms with Gasteiger partial charge in [0.05, 0.1) is 6.10 Å². The Bertz CT molecular complexity index is 191. The van der Waals surface area contributed by atoms with E-state index in [4.69, 9.17) is 0 Å². The van der Waals surface area contributed by atoms with Gasteiger partial charge in [-0.25, -0.2) is 0 Å². The van der Waals surface area contributed by atoms with Gasteiger partial charge >= 0.3 is 0 Å². The average molecular weight is 211 g/mol. The van der Waals surface area contributed by atoms with Gasteiger partial charge < -0.3 is 10.4 Å². The normalized spacial score (nSPS) is 35.6. The second-order valence-corrected chi connectivity index (χ2v) is 5.90. The molecule has 2 rings (SSSR count). The maximum atomic E-state index is 9.43. The second-order valence-electron chi connectivity index (χ2n) is 5.90. The van der Waals surface area contributed by atoms with Crippen LogP contribution < -0.4 is 5.32 Å². The minimum atomic E-state index is -0.0230. The first kappa shape index (κ1) is 11.4. The molecule has 2 fully saturated rings. The van der Waals surface area contributed by atoms with Crippen LogP contribution in [-0.4, -0.2) is 23.8 Å². The molecule has 0 atom stereocenters. The molecular weight excluding hydrogens is 186 g/mol.